The number of carbonyl (C=O) groups excluding carboxylic acids is 2. The van der Waals surface area contributed by atoms with Crippen molar-refractivity contribution in [1.29, 1.82) is 0 Å². The minimum Gasteiger partial charge on any atom is -0.381 e. The van der Waals surface area contributed by atoms with Crippen LogP contribution in [0.3, 0.4) is 0 Å². The second-order valence-electron chi connectivity index (χ2n) is 7.85. The van der Waals surface area contributed by atoms with Gasteiger partial charge in [-0.05, 0) is 29.9 Å². The maximum atomic E-state index is 13.4. The van der Waals surface area contributed by atoms with Crippen LogP contribution in [0.5, 0.6) is 0 Å². The molecule has 0 bridgehead atoms. The number of benzene rings is 3. The summed E-state index contributed by atoms with van der Waals surface area (Å²) in [4.78, 5) is 28.0. The number of nitrogens with one attached hydrogen (secondary N) is 1. The van der Waals surface area contributed by atoms with Crippen LogP contribution in [0.25, 0.3) is 16.3 Å². The van der Waals surface area contributed by atoms with Gasteiger partial charge in [-0.3, -0.25) is 14.5 Å². The summed E-state index contributed by atoms with van der Waals surface area (Å²) in [5, 5.41) is 5.36. The second kappa shape index (κ2) is 10.2. The Balaban J connectivity index is 1.61. The van der Waals surface area contributed by atoms with E-state index in [2.05, 4.69) is 12.2 Å². The molecule has 0 saturated heterocycles. The molecule has 0 fully saturated rings. The Bertz CT molecular complexity index is 1130. The van der Waals surface area contributed by atoms with Crippen molar-refractivity contribution >= 4 is 33.8 Å². The fraction of sp³-hybridized carbons (Fsp3) is 0.259. The van der Waals surface area contributed by atoms with E-state index in [1.165, 1.54) is 4.90 Å². The van der Waals surface area contributed by atoms with Gasteiger partial charge in [-0.15, -0.1) is 0 Å². The minimum absolute atomic E-state index is 0.266. The molecule has 164 valence electrons. The molecule has 0 spiro atoms. The fourth-order valence-corrected chi connectivity index (χ4v) is 3.91. The molecule has 1 heterocycles. The topological polar surface area (TPSA) is 58.6 Å². The lowest BCUT2D eigenvalue weighted by Crippen LogP contribution is -2.34. The van der Waals surface area contributed by atoms with E-state index in [9.17, 15) is 9.59 Å². The normalized spacial score (nSPS) is 14.0. The standard InChI is InChI=1S/C27H28N2O3/c1-2-3-18-32-19-10-17-29-26(30)24(21-12-5-4-6-13-21)25(27(29)31)28-23-16-9-14-20-11-7-8-15-22(20)23/h4-9,11-16,28H,2-3,10,17-19H2,1H3. The minimum atomic E-state index is -0.296. The van der Waals surface area contributed by atoms with Gasteiger partial charge in [-0.25, -0.2) is 0 Å². The van der Waals surface area contributed by atoms with Gasteiger partial charge in [0.1, 0.15) is 5.70 Å². The highest BCUT2D eigenvalue weighted by Crippen LogP contribution is 2.32. The van der Waals surface area contributed by atoms with Gasteiger partial charge in [0, 0.05) is 30.8 Å². The molecule has 0 radical (unpaired) electrons. The molecule has 0 unspecified atom stereocenters. The van der Waals surface area contributed by atoms with Crippen LogP contribution in [0.4, 0.5) is 5.69 Å². The van der Waals surface area contributed by atoms with E-state index in [-0.39, 0.29) is 11.8 Å². The molecule has 1 aliphatic heterocycles. The Morgan fingerprint density at radius 3 is 2.34 bits per heavy atom. The predicted octanol–water partition coefficient (Wildman–Crippen LogP) is 5.24. The van der Waals surface area contributed by atoms with Gasteiger partial charge < -0.3 is 10.1 Å². The van der Waals surface area contributed by atoms with Crippen molar-refractivity contribution in [1.82, 2.24) is 4.90 Å². The number of rotatable bonds is 10. The van der Waals surface area contributed by atoms with Crippen LogP contribution in [0.15, 0.2) is 78.5 Å². The highest BCUT2D eigenvalue weighted by atomic mass is 16.5. The molecule has 5 nitrogen and oxygen atoms in total. The third-order valence-corrected chi connectivity index (χ3v) is 5.59. The molecule has 5 heteroatoms. The van der Waals surface area contributed by atoms with Crippen LogP contribution in [-0.4, -0.2) is 36.5 Å². The maximum absolute atomic E-state index is 13.4. The summed E-state index contributed by atoms with van der Waals surface area (Å²) in [5.74, 6) is -0.562. The van der Waals surface area contributed by atoms with Gasteiger partial charge in [0.2, 0.25) is 0 Å². The zero-order chi connectivity index (χ0) is 22.3. The van der Waals surface area contributed by atoms with Gasteiger partial charge in [-0.1, -0.05) is 80.1 Å². The zero-order valence-corrected chi connectivity index (χ0v) is 18.3. The number of hydrogen-bond acceptors (Lipinski definition) is 4. The maximum Gasteiger partial charge on any atom is 0.278 e. The quantitative estimate of drug-likeness (QED) is 0.354. The molecule has 1 N–H and O–H groups in total. The number of nitrogens with zero attached hydrogens (tertiary/aromatic N) is 1. The van der Waals surface area contributed by atoms with Gasteiger partial charge in [0.05, 0.1) is 5.57 Å². The van der Waals surface area contributed by atoms with Crippen molar-refractivity contribution in [3.8, 4) is 0 Å². The summed E-state index contributed by atoms with van der Waals surface area (Å²) in [6.45, 7) is 3.69. The summed E-state index contributed by atoms with van der Waals surface area (Å²) in [6, 6.07) is 23.3. The third-order valence-electron chi connectivity index (χ3n) is 5.59. The van der Waals surface area contributed by atoms with Crippen LogP contribution in [0.2, 0.25) is 0 Å². The number of fused-ring (bicyclic) bond motifs is 1. The number of unbranched alkanes of at least 4 members (excludes halogenated alkanes) is 1. The van der Waals surface area contributed by atoms with E-state index in [0.29, 0.717) is 37.4 Å². The lowest BCUT2D eigenvalue weighted by atomic mass is 10.0. The first kappa shape index (κ1) is 21.8. The van der Waals surface area contributed by atoms with E-state index < -0.39 is 0 Å². The molecule has 2 amide bonds. The Labute approximate surface area is 188 Å². The predicted molar refractivity (Wildman–Crippen MR) is 128 cm³/mol. The smallest absolute Gasteiger partial charge is 0.278 e. The zero-order valence-electron chi connectivity index (χ0n) is 18.3. The van der Waals surface area contributed by atoms with Gasteiger partial charge in [0.25, 0.3) is 11.8 Å². The summed E-state index contributed by atoms with van der Waals surface area (Å²) in [6.07, 6.45) is 2.71. The van der Waals surface area contributed by atoms with Crippen molar-refractivity contribution in [3.05, 3.63) is 84.1 Å². The van der Waals surface area contributed by atoms with Crippen molar-refractivity contribution in [2.45, 2.75) is 26.2 Å². The molecule has 1 aliphatic rings. The molecule has 3 aromatic rings. The van der Waals surface area contributed by atoms with Crippen molar-refractivity contribution in [2.75, 3.05) is 25.1 Å². The Morgan fingerprint density at radius 2 is 1.53 bits per heavy atom. The molecular weight excluding hydrogens is 400 g/mol. The molecule has 0 aromatic heterocycles. The van der Waals surface area contributed by atoms with Crippen LogP contribution in [0.1, 0.15) is 31.7 Å². The largest absolute Gasteiger partial charge is 0.381 e. The van der Waals surface area contributed by atoms with E-state index in [4.69, 9.17) is 4.74 Å². The van der Waals surface area contributed by atoms with E-state index in [1.807, 2.05) is 72.8 Å². The van der Waals surface area contributed by atoms with Gasteiger partial charge in [0.15, 0.2) is 0 Å². The van der Waals surface area contributed by atoms with Gasteiger partial charge in [-0.2, -0.15) is 0 Å². The number of hydrogen-bond donors (Lipinski definition) is 1. The highest BCUT2D eigenvalue weighted by Gasteiger charge is 2.38. The average Bonchev–Trinajstić information content (AvgIpc) is 3.06. The number of amides is 2. The van der Waals surface area contributed by atoms with E-state index in [0.717, 1.165) is 34.9 Å². The van der Waals surface area contributed by atoms with E-state index >= 15 is 0 Å². The molecule has 0 saturated carbocycles. The summed E-state index contributed by atoms with van der Waals surface area (Å²) in [7, 11) is 0. The molecular formula is C27H28N2O3. The summed E-state index contributed by atoms with van der Waals surface area (Å²) >= 11 is 0. The van der Waals surface area contributed by atoms with Crippen LogP contribution < -0.4 is 5.32 Å². The molecule has 32 heavy (non-hydrogen) atoms. The van der Waals surface area contributed by atoms with Crippen molar-refractivity contribution in [3.63, 3.8) is 0 Å². The summed E-state index contributed by atoms with van der Waals surface area (Å²) < 4.78 is 5.61. The van der Waals surface area contributed by atoms with Gasteiger partial charge >= 0.3 is 0 Å². The third kappa shape index (κ3) is 4.58. The molecule has 0 atom stereocenters. The van der Waals surface area contributed by atoms with Crippen LogP contribution in [0, 0.1) is 0 Å². The molecule has 4 rings (SSSR count). The highest BCUT2D eigenvalue weighted by molar-refractivity contribution is 6.36. The first-order valence-electron chi connectivity index (χ1n) is 11.2. The second-order valence-corrected chi connectivity index (χ2v) is 7.85. The number of ether oxygens (including phenoxy) is 1. The lowest BCUT2D eigenvalue weighted by molar-refractivity contribution is -0.137. The fourth-order valence-electron chi connectivity index (χ4n) is 3.91. The van der Waals surface area contributed by atoms with Crippen molar-refractivity contribution in [2.24, 2.45) is 0 Å². The van der Waals surface area contributed by atoms with Crippen LogP contribution >= 0.6 is 0 Å². The van der Waals surface area contributed by atoms with E-state index in [1.54, 1.807) is 0 Å². The molecule has 0 aliphatic carbocycles. The SMILES string of the molecule is CCCCOCCCN1C(=O)C(Nc2cccc3ccccc23)=C(c2ccccc2)C1=O. The first-order valence-corrected chi connectivity index (χ1v) is 11.2. The Morgan fingerprint density at radius 1 is 0.812 bits per heavy atom. The number of anilines is 1. The summed E-state index contributed by atoms with van der Waals surface area (Å²) in [5.41, 5.74) is 2.27. The Kier molecular flexibility index (Phi) is 6.97. The average molecular weight is 429 g/mol. The lowest BCUT2D eigenvalue weighted by Gasteiger charge is -2.15. The van der Waals surface area contributed by atoms with Crippen LogP contribution in [-0.2, 0) is 14.3 Å². The Hall–Kier alpha value is -3.44. The number of carbonyl (C=O) groups is 2. The molecule has 3 aromatic carbocycles. The first-order chi connectivity index (χ1) is 15.7. The number of imide groups is 1. The van der Waals surface area contributed by atoms with Crippen molar-refractivity contribution < 1.29 is 14.3 Å². The monoisotopic (exact) mass is 428 g/mol.